The van der Waals surface area contributed by atoms with E-state index in [1.54, 1.807) is 24.3 Å². The second-order valence-electron chi connectivity index (χ2n) is 5.80. The Morgan fingerprint density at radius 1 is 0.704 bits per heavy atom. The quantitative estimate of drug-likeness (QED) is 0.631. The van der Waals surface area contributed by atoms with Gasteiger partial charge in [-0.1, -0.05) is 0 Å². The Kier molecular flexibility index (Phi) is 5.59. The molecule has 0 fully saturated rings. The van der Waals surface area contributed by atoms with Crippen LogP contribution in [0.4, 0.5) is 0 Å². The molecule has 1 heterocycles. The minimum atomic E-state index is -4.50. The molecule has 0 atom stereocenters. The average molecular weight is 478 g/mol. The number of carbonyl (C=O) groups is 3. The van der Waals surface area contributed by atoms with Crippen LogP contribution in [0.5, 0.6) is 0 Å². The molecule has 0 saturated heterocycles. The number of allylic oxidation sites excluding steroid dienone is 2. The van der Waals surface area contributed by atoms with Crippen LogP contribution < -0.4 is 0 Å². The van der Waals surface area contributed by atoms with Gasteiger partial charge >= 0.3 is 162 Å². The molecule has 1 aliphatic rings. The van der Waals surface area contributed by atoms with Crippen LogP contribution in [0.1, 0.15) is 25.0 Å². The maximum absolute atomic E-state index is 12.5. The molecule has 0 N–H and O–H groups in total. The van der Waals surface area contributed by atoms with Crippen molar-refractivity contribution in [3.8, 4) is 0 Å². The van der Waals surface area contributed by atoms with Gasteiger partial charge in [0.15, 0.2) is 0 Å². The van der Waals surface area contributed by atoms with Crippen molar-refractivity contribution in [1.29, 1.82) is 0 Å². The molecule has 0 radical (unpaired) electrons. The summed E-state index contributed by atoms with van der Waals surface area (Å²) in [5, 5.41) is 0. The van der Waals surface area contributed by atoms with Gasteiger partial charge in [-0.05, 0) is 0 Å². The van der Waals surface area contributed by atoms with Crippen LogP contribution in [0.3, 0.4) is 0 Å². The molecular formula is C21H18O5Te. The summed E-state index contributed by atoms with van der Waals surface area (Å²) in [5.74, 6) is -1.36. The first-order chi connectivity index (χ1) is 12.9. The van der Waals surface area contributed by atoms with Crippen molar-refractivity contribution in [2.24, 2.45) is 0 Å². The first-order valence-electron chi connectivity index (χ1n) is 8.24. The summed E-state index contributed by atoms with van der Waals surface area (Å²) in [7, 11) is 0. The molecule has 27 heavy (non-hydrogen) atoms. The summed E-state index contributed by atoms with van der Waals surface area (Å²) in [6.07, 6.45) is 2.82. The second-order valence-corrected chi connectivity index (χ2v) is 12.1. The zero-order valence-corrected chi connectivity index (χ0v) is 17.2. The maximum atomic E-state index is 12.5. The summed E-state index contributed by atoms with van der Waals surface area (Å²) >= 11 is -4.50. The molecule has 3 rings (SSSR count). The van der Waals surface area contributed by atoms with E-state index in [2.05, 4.69) is 0 Å². The van der Waals surface area contributed by atoms with Crippen LogP contribution in [-0.4, -0.2) is 36.7 Å². The van der Waals surface area contributed by atoms with Gasteiger partial charge in [0, 0.05) is 0 Å². The van der Waals surface area contributed by atoms with Crippen LogP contribution >= 0.6 is 0 Å². The molecule has 0 bridgehead atoms. The standard InChI is InChI=1S/C21H18O5Te/c1-15(22)25-27(26-16(2)23)20(17-9-5-3-6-10-17)13-19(24)14-21(27)18-11-7-4-8-12-18/h3-14H,1-2H3. The third kappa shape index (κ3) is 4.02. The van der Waals surface area contributed by atoms with Gasteiger partial charge in [-0.2, -0.15) is 0 Å². The summed E-state index contributed by atoms with van der Waals surface area (Å²) < 4.78 is 12.5. The molecule has 0 unspecified atom stereocenters. The number of carbonyl (C=O) groups excluding carboxylic acids is 3. The van der Waals surface area contributed by atoms with Crippen LogP contribution in [0.2, 0.25) is 0 Å². The van der Waals surface area contributed by atoms with E-state index in [0.29, 0.717) is 18.4 Å². The Balaban J connectivity index is 2.29. The van der Waals surface area contributed by atoms with Crippen LogP contribution in [0.15, 0.2) is 72.8 Å². The van der Waals surface area contributed by atoms with Crippen molar-refractivity contribution in [2.45, 2.75) is 13.8 Å². The zero-order chi connectivity index (χ0) is 19.4. The van der Waals surface area contributed by atoms with E-state index in [9.17, 15) is 14.4 Å². The minimum absolute atomic E-state index is 0.242. The normalized spacial score (nSPS) is 16.6. The zero-order valence-electron chi connectivity index (χ0n) is 14.9. The fourth-order valence-corrected chi connectivity index (χ4v) is 10.6. The molecule has 0 aliphatic carbocycles. The number of rotatable bonds is 4. The number of ketones is 1. The Labute approximate surface area is 162 Å². The van der Waals surface area contributed by atoms with E-state index in [1.807, 2.05) is 36.4 Å². The van der Waals surface area contributed by atoms with Gasteiger partial charge in [0.2, 0.25) is 0 Å². The SMILES string of the molecule is CC(=O)O[Te]1(OC(C)=O)C(c2ccccc2)=CC(=O)C=C1c1ccccc1. The van der Waals surface area contributed by atoms with E-state index < -0.39 is 30.9 Å². The van der Waals surface area contributed by atoms with Crippen molar-refractivity contribution in [3.63, 3.8) is 0 Å². The van der Waals surface area contributed by atoms with Crippen molar-refractivity contribution >= 4 is 44.0 Å². The molecule has 0 saturated carbocycles. The van der Waals surface area contributed by atoms with E-state index in [0.717, 1.165) is 0 Å². The molecule has 1 aliphatic heterocycles. The van der Waals surface area contributed by atoms with Gasteiger partial charge in [0.05, 0.1) is 0 Å². The van der Waals surface area contributed by atoms with Gasteiger partial charge in [-0.15, -0.1) is 0 Å². The van der Waals surface area contributed by atoms with E-state index in [4.69, 9.17) is 6.20 Å². The molecule has 0 aromatic heterocycles. The first kappa shape index (κ1) is 19.1. The van der Waals surface area contributed by atoms with Crippen molar-refractivity contribution in [1.82, 2.24) is 0 Å². The Morgan fingerprint density at radius 3 is 1.41 bits per heavy atom. The van der Waals surface area contributed by atoms with Crippen LogP contribution in [0.25, 0.3) is 7.24 Å². The third-order valence-corrected chi connectivity index (χ3v) is 11.7. The van der Waals surface area contributed by atoms with Crippen LogP contribution in [-0.2, 0) is 20.6 Å². The topological polar surface area (TPSA) is 69.7 Å². The third-order valence-electron chi connectivity index (χ3n) is 3.71. The van der Waals surface area contributed by atoms with E-state index >= 15 is 0 Å². The summed E-state index contributed by atoms with van der Waals surface area (Å²) in [6, 6.07) is 18.2. The van der Waals surface area contributed by atoms with Gasteiger partial charge in [0.1, 0.15) is 0 Å². The van der Waals surface area contributed by atoms with E-state index in [-0.39, 0.29) is 5.78 Å². The number of hydrogen-bond donors (Lipinski definition) is 0. The summed E-state index contributed by atoms with van der Waals surface area (Å²) in [6.45, 7) is 2.55. The van der Waals surface area contributed by atoms with Gasteiger partial charge in [-0.3, -0.25) is 0 Å². The first-order valence-corrected chi connectivity index (χ1v) is 12.5. The van der Waals surface area contributed by atoms with Crippen molar-refractivity contribution in [2.75, 3.05) is 0 Å². The van der Waals surface area contributed by atoms with Crippen molar-refractivity contribution < 1.29 is 20.6 Å². The summed E-state index contributed by atoms with van der Waals surface area (Å²) in [4.78, 5) is 36.5. The molecule has 0 spiro atoms. The molecule has 2 aromatic carbocycles. The van der Waals surface area contributed by atoms with Gasteiger partial charge in [0.25, 0.3) is 0 Å². The second kappa shape index (κ2) is 7.91. The molecule has 0 amide bonds. The molecular weight excluding hydrogens is 460 g/mol. The van der Waals surface area contributed by atoms with Crippen LogP contribution in [0, 0.1) is 0 Å². The van der Waals surface area contributed by atoms with E-state index in [1.165, 1.54) is 26.0 Å². The molecule has 138 valence electrons. The molecule has 6 heteroatoms. The summed E-state index contributed by atoms with van der Waals surface area (Å²) in [5.41, 5.74) is 1.38. The average Bonchev–Trinajstić information content (AvgIpc) is 2.63. The fraction of sp³-hybridized carbons (Fsp3) is 0.0952. The van der Waals surface area contributed by atoms with Crippen molar-refractivity contribution in [3.05, 3.63) is 83.9 Å². The fourth-order valence-electron chi connectivity index (χ4n) is 2.78. The number of benzene rings is 2. The Morgan fingerprint density at radius 2 is 1.07 bits per heavy atom. The molecule has 5 nitrogen and oxygen atoms in total. The Hall–Kier alpha value is -2.68. The van der Waals surface area contributed by atoms with Gasteiger partial charge < -0.3 is 0 Å². The number of hydrogen-bond acceptors (Lipinski definition) is 5. The monoisotopic (exact) mass is 480 g/mol. The molecule has 2 aromatic rings. The van der Waals surface area contributed by atoms with Gasteiger partial charge in [-0.25, -0.2) is 0 Å². The predicted molar refractivity (Wildman–Crippen MR) is 103 cm³/mol. The Bertz CT molecular complexity index is 868. The predicted octanol–water partition coefficient (Wildman–Crippen LogP) is 3.38.